The van der Waals surface area contributed by atoms with Crippen LogP contribution in [0.15, 0.2) is 42.6 Å². The monoisotopic (exact) mass is 287 g/mol. The Hall–Kier alpha value is -2.89. The third kappa shape index (κ3) is 3.79. The SMILES string of the molecule is COC(=O)c1ccc(COc2cccc(C(=O)O)c2)nc1. The maximum absolute atomic E-state index is 11.3. The Kier molecular flexibility index (Phi) is 4.50. The zero-order valence-corrected chi connectivity index (χ0v) is 11.3. The van der Waals surface area contributed by atoms with Crippen LogP contribution in [-0.2, 0) is 11.3 Å². The summed E-state index contributed by atoms with van der Waals surface area (Å²) in [5.41, 5.74) is 1.12. The van der Waals surface area contributed by atoms with Gasteiger partial charge in [0.2, 0.25) is 0 Å². The van der Waals surface area contributed by atoms with Crippen LogP contribution in [0.2, 0.25) is 0 Å². The number of esters is 1. The maximum Gasteiger partial charge on any atom is 0.339 e. The van der Waals surface area contributed by atoms with Crippen LogP contribution in [0.25, 0.3) is 0 Å². The number of methoxy groups -OCH3 is 1. The number of aromatic nitrogens is 1. The lowest BCUT2D eigenvalue weighted by molar-refractivity contribution is 0.0599. The van der Waals surface area contributed by atoms with Crippen molar-refractivity contribution in [1.82, 2.24) is 4.98 Å². The molecule has 108 valence electrons. The molecule has 0 saturated carbocycles. The standard InChI is InChI=1S/C15H13NO5/c1-20-15(19)11-5-6-12(16-8-11)9-21-13-4-2-3-10(7-13)14(17)18/h2-8H,9H2,1H3,(H,17,18). The van der Waals surface area contributed by atoms with Gasteiger partial charge in [-0.2, -0.15) is 0 Å². The first kappa shape index (κ1) is 14.5. The van der Waals surface area contributed by atoms with Gasteiger partial charge in [-0.15, -0.1) is 0 Å². The van der Waals surface area contributed by atoms with E-state index in [4.69, 9.17) is 9.84 Å². The van der Waals surface area contributed by atoms with E-state index in [1.807, 2.05) is 0 Å². The van der Waals surface area contributed by atoms with Crippen LogP contribution in [0.4, 0.5) is 0 Å². The third-order valence-corrected chi connectivity index (χ3v) is 2.71. The molecule has 1 aromatic heterocycles. The van der Waals surface area contributed by atoms with Crippen LogP contribution >= 0.6 is 0 Å². The molecule has 0 aliphatic heterocycles. The number of nitrogens with zero attached hydrogens (tertiary/aromatic N) is 1. The van der Waals surface area contributed by atoms with Gasteiger partial charge in [0.05, 0.1) is 23.9 Å². The number of carbonyl (C=O) groups excluding carboxylic acids is 1. The average molecular weight is 287 g/mol. The number of hydrogen-bond acceptors (Lipinski definition) is 5. The molecule has 2 rings (SSSR count). The largest absolute Gasteiger partial charge is 0.487 e. The predicted molar refractivity (Wildman–Crippen MR) is 73.3 cm³/mol. The lowest BCUT2D eigenvalue weighted by Crippen LogP contribution is -2.04. The van der Waals surface area contributed by atoms with Crippen molar-refractivity contribution in [3.63, 3.8) is 0 Å². The van der Waals surface area contributed by atoms with Gasteiger partial charge in [0.1, 0.15) is 12.4 Å². The summed E-state index contributed by atoms with van der Waals surface area (Å²) >= 11 is 0. The highest BCUT2D eigenvalue weighted by molar-refractivity contribution is 5.89. The molecular weight excluding hydrogens is 274 g/mol. The number of aromatic carboxylic acids is 1. The number of ether oxygens (including phenoxy) is 2. The van der Waals surface area contributed by atoms with E-state index >= 15 is 0 Å². The van der Waals surface area contributed by atoms with Gasteiger partial charge in [-0.3, -0.25) is 4.98 Å². The van der Waals surface area contributed by atoms with Crippen LogP contribution in [0.3, 0.4) is 0 Å². The molecule has 0 radical (unpaired) electrons. The van der Waals surface area contributed by atoms with Crippen molar-refractivity contribution in [2.24, 2.45) is 0 Å². The van der Waals surface area contributed by atoms with Crippen molar-refractivity contribution in [2.75, 3.05) is 7.11 Å². The van der Waals surface area contributed by atoms with Crippen LogP contribution in [0.5, 0.6) is 5.75 Å². The van der Waals surface area contributed by atoms with Crippen molar-refractivity contribution in [3.05, 3.63) is 59.4 Å². The minimum atomic E-state index is -1.01. The highest BCUT2D eigenvalue weighted by atomic mass is 16.5. The molecule has 1 aromatic carbocycles. The molecule has 1 heterocycles. The second-order valence-electron chi connectivity index (χ2n) is 4.15. The molecule has 0 aliphatic rings. The number of carbonyl (C=O) groups is 2. The van der Waals surface area contributed by atoms with Gasteiger partial charge in [-0.1, -0.05) is 6.07 Å². The molecule has 0 saturated heterocycles. The van der Waals surface area contributed by atoms with E-state index < -0.39 is 11.9 Å². The smallest absolute Gasteiger partial charge is 0.339 e. The zero-order valence-electron chi connectivity index (χ0n) is 11.3. The Morgan fingerprint density at radius 3 is 2.62 bits per heavy atom. The summed E-state index contributed by atoms with van der Waals surface area (Å²) in [7, 11) is 1.30. The molecule has 0 amide bonds. The summed E-state index contributed by atoms with van der Waals surface area (Å²) in [4.78, 5) is 26.2. The minimum absolute atomic E-state index is 0.154. The van der Waals surface area contributed by atoms with Crippen LogP contribution in [0, 0.1) is 0 Å². The van der Waals surface area contributed by atoms with Crippen LogP contribution in [0.1, 0.15) is 26.4 Å². The highest BCUT2D eigenvalue weighted by Gasteiger charge is 2.07. The van der Waals surface area contributed by atoms with Crippen molar-refractivity contribution in [3.8, 4) is 5.75 Å². The van der Waals surface area contributed by atoms with E-state index in [9.17, 15) is 9.59 Å². The predicted octanol–water partition coefficient (Wildman–Crippen LogP) is 2.15. The third-order valence-electron chi connectivity index (χ3n) is 2.71. The summed E-state index contributed by atoms with van der Waals surface area (Å²) in [5.74, 6) is -1.03. The number of benzene rings is 1. The molecule has 6 heteroatoms. The fourth-order valence-corrected chi connectivity index (χ4v) is 1.62. The van der Waals surface area contributed by atoms with E-state index in [0.29, 0.717) is 17.0 Å². The van der Waals surface area contributed by atoms with Crippen LogP contribution in [-0.4, -0.2) is 29.1 Å². The number of pyridine rings is 1. The van der Waals surface area contributed by atoms with Crippen molar-refractivity contribution in [1.29, 1.82) is 0 Å². The fraction of sp³-hybridized carbons (Fsp3) is 0.133. The van der Waals surface area contributed by atoms with E-state index in [1.165, 1.54) is 25.4 Å². The highest BCUT2D eigenvalue weighted by Crippen LogP contribution is 2.15. The summed E-state index contributed by atoms with van der Waals surface area (Å²) in [6, 6.07) is 9.42. The Morgan fingerprint density at radius 1 is 1.19 bits per heavy atom. The molecule has 0 fully saturated rings. The maximum atomic E-state index is 11.3. The van der Waals surface area contributed by atoms with E-state index in [0.717, 1.165) is 0 Å². The van der Waals surface area contributed by atoms with Gasteiger partial charge < -0.3 is 14.6 Å². The van der Waals surface area contributed by atoms with Gasteiger partial charge in [0.25, 0.3) is 0 Å². The first-order valence-corrected chi connectivity index (χ1v) is 6.09. The number of hydrogen-bond donors (Lipinski definition) is 1. The first-order chi connectivity index (χ1) is 10.1. The fourth-order valence-electron chi connectivity index (χ4n) is 1.62. The normalized spacial score (nSPS) is 9.95. The molecule has 0 atom stereocenters. The molecule has 1 N–H and O–H groups in total. The quantitative estimate of drug-likeness (QED) is 0.848. The molecular formula is C15H13NO5. The van der Waals surface area contributed by atoms with Gasteiger partial charge in [-0.05, 0) is 30.3 Å². The molecule has 21 heavy (non-hydrogen) atoms. The molecule has 0 bridgehead atoms. The number of carboxylic acids is 1. The molecule has 0 unspecified atom stereocenters. The second-order valence-corrected chi connectivity index (χ2v) is 4.15. The molecule has 6 nitrogen and oxygen atoms in total. The lowest BCUT2D eigenvalue weighted by atomic mass is 10.2. The van der Waals surface area contributed by atoms with E-state index in [1.54, 1.807) is 24.3 Å². The number of rotatable bonds is 5. The van der Waals surface area contributed by atoms with Gasteiger partial charge in [0.15, 0.2) is 0 Å². The summed E-state index contributed by atoms with van der Waals surface area (Å²) in [5, 5.41) is 8.89. The lowest BCUT2D eigenvalue weighted by Gasteiger charge is -2.07. The summed E-state index contributed by atoms with van der Waals surface area (Å²) in [6.45, 7) is 0.171. The first-order valence-electron chi connectivity index (χ1n) is 6.09. The van der Waals surface area contributed by atoms with Crippen molar-refractivity contribution < 1.29 is 24.2 Å². The zero-order chi connectivity index (χ0) is 15.2. The Morgan fingerprint density at radius 2 is 2.00 bits per heavy atom. The van der Waals surface area contributed by atoms with Gasteiger partial charge >= 0.3 is 11.9 Å². The summed E-state index contributed by atoms with van der Waals surface area (Å²) < 4.78 is 10.0. The number of carboxylic acid groups (broad SMARTS) is 1. The van der Waals surface area contributed by atoms with E-state index in [2.05, 4.69) is 9.72 Å². The van der Waals surface area contributed by atoms with Crippen LogP contribution < -0.4 is 4.74 Å². The Labute approximate surface area is 121 Å². The topological polar surface area (TPSA) is 85.7 Å². The molecule has 2 aromatic rings. The molecule has 0 aliphatic carbocycles. The van der Waals surface area contributed by atoms with Gasteiger partial charge in [0, 0.05) is 6.20 Å². The molecule has 0 spiro atoms. The average Bonchev–Trinajstić information content (AvgIpc) is 2.53. The van der Waals surface area contributed by atoms with E-state index in [-0.39, 0.29) is 12.2 Å². The Bertz CT molecular complexity index is 651. The Balaban J connectivity index is 2.01. The summed E-state index contributed by atoms with van der Waals surface area (Å²) in [6.07, 6.45) is 1.40. The van der Waals surface area contributed by atoms with Crippen molar-refractivity contribution in [2.45, 2.75) is 6.61 Å². The van der Waals surface area contributed by atoms with Crippen molar-refractivity contribution >= 4 is 11.9 Å². The van der Waals surface area contributed by atoms with Gasteiger partial charge in [-0.25, -0.2) is 9.59 Å². The second kappa shape index (κ2) is 6.51. The minimum Gasteiger partial charge on any atom is -0.487 e.